The minimum absolute atomic E-state index is 0.0352. The highest BCUT2D eigenvalue weighted by molar-refractivity contribution is 6.32. The smallest absolute Gasteiger partial charge is 0.227 e. The first kappa shape index (κ1) is 14.3. The monoisotopic (exact) mass is 324 g/mol. The Morgan fingerprint density at radius 3 is 2.81 bits per heavy atom. The van der Waals surface area contributed by atoms with Crippen LogP contribution in [0.5, 0.6) is 0 Å². The zero-order valence-corrected chi connectivity index (χ0v) is 12.5. The fraction of sp³-hybridized carbons (Fsp3) is 0.200. The van der Waals surface area contributed by atoms with Crippen LogP contribution in [0.2, 0.25) is 10.2 Å². The summed E-state index contributed by atoms with van der Waals surface area (Å²) in [5.41, 5.74) is 2.04. The van der Waals surface area contributed by atoms with Gasteiger partial charge in [0.15, 0.2) is 0 Å². The van der Waals surface area contributed by atoms with Crippen LogP contribution in [-0.2, 0) is 17.8 Å². The van der Waals surface area contributed by atoms with E-state index in [1.807, 2.05) is 0 Å². The van der Waals surface area contributed by atoms with Gasteiger partial charge >= 0.3 is 0 Å². The maximum atomic E-state index is 13.3. The molecule has 3 rings (SSSR count). The Morgan fingerprint density at radius 1 is 1.19 bits per heavy atom. The number of aromatic nitrogens is 1. The third kappa shape index (κ3) is 2.87. The van der Waals surface area contributed by atoms with Crippen molar-refractivity contribution in [3.8, 4) is 0 Å². The Kier molecular flexibility index (Phi) is 3.83. The normalized spacial score (nSPS) is 14.2. The van der Waals surface area contributed by atoms with Crippen LogP contribution in [0.15, 0.2) is 30.3 Å². The Hall–Kier alpha value is -1.65. The van der Waals surface area contributed by atoms with Crippen LogP contribution in [0.1, 0.15) is 17.7 Å². The van der Waals surface area contributed by atoms with E-state index in [2.05, 4.69) is 4.98 Å². The number of anilines is 1. The number of aryl methyl sites for hydroxylation is 1. The highest BCUT2D eigenvalue weighted by atomic mass is 35.5. The number of amides is 1. The zero-order valence-electron chi connectivity index (χ0n) is 10.9. The number of hydrogen-bond acceptors (Lipinski definition) is 2. The minimum atomic E-state index is -0.304. The molecule has 21 heavy (non-hydrogen) atoms. The van der Waals surface area contributed by atoms with Gasteiger partial charge < -0.3 is 4.90 Å². The van der Waals surface area contributed by atoms with E-state index in [4.69, 9.17) is 23.2 Å². The van der Waals surface area contributed by atoms with Crippen LogP contribution in [0, 0.1) is 5.82 Å². The Bertz CT molecular complexity index is 721. The average Bonchev–Trinajstić information content (AvgIpc) is 2.45. The van der Waals surface area contributed by atoms with E-state index in [1.165, 1.54) is 12.1 Å². The van der Waals surface area contributed by atoms with Crippen molar-refractivity contribution in [2.45, 2.75) is 19.4 Å². The van der Waals surface area contributed by atoms with E-state index >= 15 is 0 Å². The molecule has 0 bridgehead atoms. The van der Waals surface area contributed by atoms with Gasteiger partial charge in [-0.3, -0.25) is 4.79 Å². The number of benzene rings is 1. The first-order valence-electron chi connectivity index (χ1n) is 6.44. The summed E-state index contributed by atoms with van der Waals surface area (Å²) < 4.78 is 13.3. The summed E-state index contributed by atoms with van der Waals surface area (Å²) in [5, 5.41) is 0.764. The lowest BCUT2D eigenvalue weighted by molar-refractivity contribution is -0.119. The van der Waals surface area contributed by atoms with E-state index in [9.17, 15) is 9.18 Å². The number of fused-ring (bicyclic) bond motifs is 1. The Balaban J connectivity index is 1.98. The van der Waals surface area contributed by atoms with Gasteiger partial charge in [0, 0.05) is 12.1 Å². The molecule has 2 aromatic rings. The predicted molar refractivity (Wildman–Crippen MR) is 80.2 cm³/mol. The highest BCUT2D eigenvalue weighted by Crippen LogP contribution is 2.30. The number of halogens is 3. The Labute approximate surface area is 131 Å². The molecule has 0 aliphatic carbocycles. The molecule has 1 aromatic carbocycles. The molecular weight excluding hydrogens is 314 g/mol. The number of nitrogens with zero attached hydrogens (tertiary/aromatic N) is 2. The third-order valence-corrected chi connectivity index (χ3v) is 3.99. The lowest BCUT2D eigenvalue weighted by atomic mass is 10.0. The van der Waals surface area contributed by atoms with Crippen molar-refractivity contribution in [3.05, 3.63) is 57.6 Å². The molecule has 6 heteroatoms. The first-order chi connectivity index (χ1) is 10.0. The van der Waals surface area contributed by atoms with E-state index < -0.39 is 0 Å². The van der Waals surface area contributed by atoms with Gasteiger partial charge in [0.25, 0.3) is 0 Å². The van der Waals surface area contributed by atoms with Gasteiger partial charge in [0.1, 0.15) is 11.0 Å². The van der Waals surface area contributed by atoms with Crippen molar-refractivity contribution in [1.29, 1.82) is 0 Å². The number of rotatable bonds is 2. The van der Waals surface area contributed by atoms with Crippen molar-refractivity contribution in [3.63, 3.8) is 0 Å². The molecular formula is C15H11Cl2FN2O. The molecule has 0 atom stereocenters. The topological polar surface area (TPSA) is 33.2 Å². The largest absolute Gasteiger partial charge is 0.306 e. The van der Waals surface area contributed by atoms with Gasteiger partial charge in [-0.2, -0.15) is 0 Å². The van der Waals surface area contributed by atoms with Crippen LogP contribution in [0.25, 0.3) is 0 Å². The lowest BCUT2D eigenvalue weighted by Crippen LogP contribution is -2.35. The molecule has 2 heterocycles. The summed E-state index contributed by atoms with van der Waals surface area (Å²) in [7, 11) is 0. The van der Waals surface area contributed by atoms with E-state index in [0.29, 0.717) is 34.4 Å². The maximum Gasteiger partial charge on any atom is 0.227 e. The van der Waals surface area contributed by atoms with Crippen molar-refractivity contribution < 1.29 is 9.18 Å². The van der Waals surface area contributed by atoms with Crippen molar-refractivity contribution in [2.24, 2.45) is 0 Å². The molecule has 108 valence electrons. The van der Waals surface area contributed by atoms with Crippen LogP contribution in [0.3, 0.4) is 0 Å². The second kappa shape index (κ2) is 5.62. The standard InChI is InChI=1S/C15H11Cl2FN2O/c16-11-3-5-14(17)19-12(11)8-20-13-4-2-10(18)7-9(13)1-6-15(20)21/h2-5,7H,1,6,8H2. The second-order valence-corrected chi connectivity index (χ2v) is 5.61. The van der Waals surface area contributed by atoms with Crippen LogP contribution >= 0.6 is 23.2 Å². The Morgan fingerprint density at radius 2 is 2.00 bits per heavy atom. The SMILES string of the molecule is O=C1CCc2cc(F)ccc2N1Cc1nc(Cl)ccc1Cl. The van der Waals surface area contributed by atoms with Gasteiger partial charge in [-0.15, -0.1) is 0 Å². The molecule has 1 aliphatic heterocycles. The fourth-order valence-electron chi connectivity index (χ4n) is 2.42. The van der Waals surface area contributed by atoms with E-state index in [1.54, 1.807) is 23.1 Å². The molecule has 0 fully saturated rings. The quantitative estimate of drug-likeness (QED) is 0.782. The number of pyridine rings is 1. The number of carbonyl (C=O) groups is 1. The molecule has 1 aromatic heterocycles. The summed E-state index contributed by atoms with van der Waals surface area (Å²) in [5.74, 6) is -0.339. The molecule has 3 nitrogen and oxygen atoms in total. The summed E-state index contributed by atoms with van der Waals surface area (Å²) in [6, 6.07) is 7.65. The summed E-state index contributed by atoms with van der Waals surface area (Å²) in [6.07, 6.45) is 0.883. The molecule has 0 N–H and O–H groups in total. The number of hydrogen-bond donors (Lipinski definition) is 0. The summed E-state index contributed by atoms with van der Waals surface area (Å²) >= 11 is 12.0. The highest BCUT2D eigenvalue weighted by Gasteiger charge is 2.25. The van der Waals surface area contributed by atoms with Crippen molar-refractivity contribution >= 4 is 34.8 Å². The van der Waals surface area contributed by atoms with Gasteiger partial charge in [0.05, 0.1) is 17.3 Å². The average molecular weight is 325 g/mol. The van der Waals surface area contributed by atoms with Crippen molar-refractivity contribution in [1.82, 2.24) is 4.98 Å². The van der Waals surface area contributed by atoms with E-state index in [-0.39, 0.29) is 18.3 Å². The maximum absolute atomic E-state index is 13.3. The molecule has 0 radical (unpaired) electrons. The summed E-state index contributed by atoms with van der Waals surface area (Å²) in [6.45, 7) is 0.219. The van der Waals surface area contributed by atoms with Crippen LogP contribution in [-0.4, -0.2) is 10.9 Å². The van der Waals surface area contributed by atoms with E-state index in [0.717, 1.165) is 5.56 Å². The van der Waals surface area contributed by atoms with Crippen LogP contribution in [0.4, 0.5) is 10.1 Å². The first-order valence-corrected chi connectivity index (χ1v) is 7.20. The molecule has 1 aliphatic rings. The van der Waals surface area contributed by atoms with Crippen molar-refractivity contribution in [2.75, 3.05) is 4.90 Å². The van der Waals surface area contributed by atoms with Gasteiger partial charge in [-0.1, -0.05) is 23.2 Å². The molecule has 1 amide bonds. The lowest BCUT2D eigenvalue weighted by Gasteiger charge is -2.29. The van der Waals surface area contributed by atoms with Gasteiger partial charge in [-0.05, 0) is 42.3 Å². The summed E-state index contributed by atoms with van der Waals surface area (Å²) in [4.78, 5) is 17.9. The second-order valence-electron chi connectivity index (χ2n) is 4.82. The predicted octanol–water partition coefficient (Wildman–Crippen LogP) is 4.01. The molecule has 0 unspecified atom stereocenters. The minimum Gasteiger partial charge on any atom is -0.306 e. The zero-order chi connectivity index (χ0) is 15.0. The molecule has 0 saturated carbocycles. The van der Waals surface area contributed by atoms with Gasteiger partial charge in [-0.25, -0.2) is 9.37 Å². The third-order valence-electron chi connectivity index (χ3n) is 3.43. The van der Waals surface area contributed by atoms with Crippen LogP contribution < -0.4 is 4.90 Å². The molecule has 0 saturated heterocycles. The molecule has 0 spiro atoms. The van der Waals surface area contributed by atoms with Gasteiger partial charge in [0.2, 0.25) is 5.91 Å². The number of carbonyl (C=O) groups excluding carboxylic acids is 1. The fourth-order valence-corrected chi connectivity index (χ4v) is 2.75.